The molecule has 2 aliphatic heterocycles. The van der Waals surface area contributed by atoms with Crippen LogP contribution in [0.15, 0.2) is 121 Å². The van der Waals surface area contributed by atoms with Crippen LogP contribution in [-0.4, -0.2) is 137 Å². The van der Waals surface area contributed by atoms with E-state index in [-0.39, 0.29) is 57.6 Å². The first kappa shape index (κ1) is 58.6. The highest BCUT2D eigenvalue weighted by molar-refractivity contribution is 5.99. The summed E-state index contributed by atoms with van der Waals surface area (Å²) in [6, 6.07) is 24.9. The van der Waals surface area contributed by atoms with Crippen molar-refractivity contribution in [1.82, 2.24) is 47.4 Å². The fourth-order valence-electron chi connectivity index (χ4n) is 9.47. The first-order chi connectivity index (χ1) is 37.5. The second-order valence-electron chi connectivity index (χ2n) is 19.5. The number of nitrogens with two attached hydrogens (primary N) is 2. The Morgan fingerprint density at radius 1 is 0.551 bits per heavy atom. The minimum Gasteiger partial charge on any atom is -0.480 e. The Morgan fingerprint density at radius 3 is 1.37 bits per heavy atom. The van der Waals surface area contributed by atoms with Crippen molar-refractivity contribution >= 4 is 59.2 Å². The van der Waals surface area contributed by atoms with E-state index in [9.17, 15) is 48.3 Å². The van der Waals surface area contributed by atoms with Crippen LogP contribution in [0, 0.1) is 5.41 Å². The summed E-state index contributed by atoms with van der Waals surface area (Å²) < 4.78 is 0. The Balaban J connectivity index is 1.25. The number of nitrogens with zero attached hydrogens (tertiary/aromatic N) is 1. The summed E-state index contributed by atoms with van der Waals surface area (Å²) >= 11 is 0. The van der Waals surface area contributed by atoms with Gasteiger partial charge in [-0.2, -0.15) is 0 Å². The van der Waals surface area contributed by atoms with Gasteiger partial charge in [-0.1, -0.05) is 121 Å². The third kappa shape index (κ3) is 18.3. The lowest BCUT2D eigenvalue weighted by Gasteiger charge is -2.29. The van der Waals surface area contributed by atoms with Crippen LogP contribution in [-0.2, 0) is 68.8 Å². The molecule has 0 aliphatic carbocycles. The Hall–Kier alpha value is -8.66. The number of carboxylic acid groups (broad SMARTS) is 1. The molecule has 14 N–H and O–H groups in total. The van der Waals surface area contributed by atoms with Crippen molar-refractivity contribution in [2.45, 2.75) is 119 Å². The maximum Gasteiger partial charge on any atom is 0.326 e. The largest absolute Gasteiger partial charge is 0.480 e. The van der Waals surface area contributed by atoms with Gasteiger partial charge >= 0.3 is 5.97 Å². The van der Waals surface area contributed by atoms with Crippen LogP contribution >= 0.6 is 0 Å². The van der Waals surface area contributed by atoms with Crippen molar-refractivity contribution in [1.29, 1.82) is 5.41 Å². The molecule has 2 heterocycles. The van der Waals surface area contributed by atoms with Gasteiger partial charge in [-0.15, -0.1) is 0 Å². The number of amides is 8. The first-order valence-corrected chi connectivity index (χ1v) is 26.1. The molecule has 0 unspecified atom stereocenters. The monoisotopic (exact) mass is 1070 g/mol. The quantitative estimate of drug-likeness (QED) is 0.0200. The zero-order valence-electron chi connectivity index (χ0n) is 43.3. The smallest absolute Gasteiger partial charge is 0.326 e. The molecule has 414 valence electrons. The van der Waals surface area contributed by atoms with E-state index in [4.69, 9.17) is 16.9 Å². The molecular weight excluding hydrogens is 1000 g/mol. The maximum atomic E-state index is 14.7. The molecule has 0 saturated carbocycles. The molecule has 2 saturated heterocycles. The molecule has 2 aliphatic rings. The number of aliphatic carboxylic acids is 1. The maximum absolute atomic E-state index is 14.7. The molecule has 0 radical (unpaired) electrons. The van der Waals surface area contributed by atoms with Crippen LogP contribution in [0.1, 0.15) is 67.2 Å². The molecule has 6 rings (SSSR count). The van der Waals surface area contributed by atoms with Crippen molar-refractivity contribution in [3.05, 3.63) is 144 Å². The van der Waals surface area contributed by atoms with E-state index in [0.717, 1.165) is 6.42 Å². The molecule has 22 heteroatoms. The number of likely N-dealkylation sites (tertiary alicyclic amines) is 1. The van der Waals surface area contributed by atoms with Crippen LogP contribution in [0.25, 0.3) is 0 Å². The molecule has 0 spiro atoms. The number of hydrogen-bond donors (Lipinski definition) is 12. The van der Waals surface area contributed by atoms with Gasteiger partial charge in [0.25, 0.3) is 0 Å². The van der Waals surface area contributed by atoms with Gasteiger partial charge in [0.05, 0.1) is 12.5 Å². The molecular formula is C56H70N12O10. The van der Waals surface area contributed by atoms with Crippen LogP contribution in [0.3, 0.4) is 0 Å². The Kier molecular flexibility index (Phi) is 22.2. The zero-order valence-corrected chi connectivity index (χ0v) is 43.3. The summed E-state index contributed by atoms with van der Waals surface area (Å²) in [5, 5.41) is 39.6. The summed E-state index contributed by atoms with van der Waals surface area (Å²) in [5.41, 5.74) is 13.6. The predicted molar refractivity (Wildman–Crippen MR) is 289 cm³/mol. The van der Waals surface area contributed by atoms with E-state index >= 15 is 0 Å². The van der Waals surface area contributed by atoms with E-state index in [0.29, 0.717) is 48.1 Å². The predicted octanol–water partition coefficient (Wildman–Crippen LogP) is -0.168. The molecule has 2 fully saturated rings. The third-order valence-electron chi connectivity index (χ3n) is 13.5. The van der Waals surface area contributed by atoms with E-state index in [1.54, 1.807) is 121 Å². The van der Waals surface area contributed by atoms with Gasteiger partial charge in [0.1, 0.15) is 42.3 Å². The van der Waals surface area contributed by atoms with Crippen molar-refractivity contribution in [2.75, 3.05) is 19.6 Å². The third-order valence-corrected chi connectivity index (χ3v) is 13.5. The average Bonchev–Trinajstić information content (AvgIpc) is 4.17. The number of rotatable bonds is 28. The number of hydrogen-bond acceptors (Lipinski definition) is 11. The highest BCUT2D eigenvalue weighted by atomic mass is 16.4. The molecule has 8 atom stereocenters. The number of carbonyl (C=O) groups excluding carboxylic acids is 8. The van der Waals surface area contributed by atoms with Gasteiger partial charge in [-0.3, -0.25) is 43.8 Å². The number of nitrogens with one attached hydrogen (secondary N) is 9. The normalized spacial score (nSPS) is 17.1. The summed E-state index contributed by atoms with van der Waals surface area (Å²) in [5.74, 6) is -7.71. The molecule has 4 aromatic carbocycles. The fraction of sp³-hybridized carbons (Fsp3) is 0.393. The van der Waals surface area contributed by atoms with Crippen molar-refractivity contribution in [3.8, 4) is 0 Å². The molecule has 22 nitrogen and oxygen atoms in total. The summed E-state index contributed by atoms with van der Waals surface area (Å²) in [7, 11) is 0. The second-order valence-corrected chi connectivity index (χ2v) is 19.5. The van der Waals surface area contributed by atoms with Crippen LogP contribution in [0.2, 0.25) is 0 Å². The van der Waals surface area contributed by atoms with Crippen molar-refractivity contribution in [3.63, 3.8) is 0 Å². The number of carbonyl (C=O) groups is 9. The summed E-state index contributed by atoms with van der Waals surface area (Å²) in [6.45, 7) is 1.01. The minimum atomic E-state index is -1.71. The molecule has 0 aromatic heterocycles. The lowest BCUT2D eigenvalue weighted by atomic mass is 10.0. The van der Waals surface area contributed by atoms with E-state index < -0.39 is 108 Å². The number of guanidine groups is 1. The van der Waals surface area contributed by atoms with Gasteiger partial charge in [0.2, 0.25) is 47.3 Å². The highest BCUT2D eigenvalue weighted by Gasteiger charge is 2.40. The molecule has 4 aromatic rings. The Bertz CT molecular complexity index is 2700. The second kappa shape index (κ2) is 29.6. The van der Waals surface area contributed by atoms with Gasteiger partial charge in [-0.05, 0) is 67.3 Å². The number of primary amides is 1. The van der Waals surface area contributed by atoms with Crippen LogP contribution in [0.5, 0.6) is 0 Å². The molecule has 0 bridgehead atoms. The van der Waals surface area contributed by atoms with Crippen molar-refractivity contribution in [2.24, 2.45) is 11.5 Å². The fourth-order valence-corrected chi connectivity index (χ4v) is 9.47. The van der Waals surface area contributed by atoms with Crippen molar-refractivity contribution < 1.29 is 48.3 Å². The van der Waals surface area contributed by atoms with Crippen LogP contribution in [0.4, 0.5) is 0 Å². The van der Waals surface area contributed by atoms with E-state index in [2.05, 4.69) is 42.5 Å². The Labute approximate surface area is 452 Å². The summed E-state index contributed by atoms with van der Waals surface area (Å²) in [4.78, 5) is 126. The average molecular weight is 1070 g/mol. The SMILES string of the molecule is N=C(N)NCCC[C@H](NC(=O)[C@@H]1CCCN1)C(=O)N[C@@H](Cc1ccccc1)C(=O)N[C@@H](Cc1ccccc1)C(=O)N[C@@H](CC(N)=O)C(=O)N[C@@H](Cc1ccccc1)C(=O)N[C@@H](Cc1ccccc1)C(=O)N1CCC[C@@H]1C(=O)O. The topological polar surface area (TPSA) is 349 Å². The van der Waals surface area contributed by atoms with Gasteiger partial charge in [0.15, 0.2) is 5.96 Å². The number of benzene rings is 4. The zero-order chi connectivity index (χ0) is 56.0. The first-order valence-electron chi connectivity index (χ1n) is 26.1. The van der Waals surface area contributed by atoms with Gasteiger partial charge in [-0.25, -0.2) is 4.79 Å². The van der Waals surface area contributed by atoms with Crippen LogP contribution < -0.4 is 54.0 Å². The number of carboxylic acids is 1. The lowest BCUT2D eigenvalue weighted by Crippen LogP contribution is -2.61. The summed E-state index contributed by atoms with van der Waals surface area (Å²) in [6.07, 6.45) is 1.35. The highest BCUT2D eigenvalue weighted by Crippen LogP contribution is 2.20. The van der Waals surface area contributed by atoms with E-state index in [1.807, 2.05) is 0 Å². The standard InChI is InChI=1S/C56H70N12O10/c57-47(69)34-44(53(75)65-43(32-37-20-9-3-10-21-37)52(74)67-45(33-38-22-11-4-12-23-38)54(76)68-29-15-26-46(68)55(77)78)66-51(73)42(31-36-18-7-2-8-19-36)64-50(72)41(30-35-16-5-1-6-17-35)63-49(71)40(25-14-28-61-56(58)59)62-48(70)39-24-13-27-60-39/h1-12,16-23,39-46,60H,13-15,24-34H2,(H2,57,69)(H,62,70)(H,63,71)(H,64,72)(H,65,75)(H,66,73)(H,67,74)(H,77,78)(H4,58,59,61)/t39-,40-,41-,42-,43-,44-,45-,46+/m0/s1. The Morgan fingerprint density at radius 2 is 0.962 bits per heavy atom. The molecule has 8 amide bonds. The van der Waals surface area contributed by atoms with E-state index in [1.165, 1.54) is 4.90 Å². The molecule has 78 heavy (non-hydrogen) atoms. The van der Waals surface area contributed by atoms with Gasteiger partial charge < -0.3 is 64.0 Å². The van der Waals surface area contributed by atoms with Gasteiger partial charge in [0, 0.05) is 38.8 Å². The lowest BCUT2D eigenvalue weighted by molar-refractivity contribution is -0.149. The minimum absolute atomic E-state index is 0.0137.